The predicted octanol–water partition coefficient (Wildman–Crippen LogP) is 2.84. The Bertz CT molecular complexity index is 1430. The molecule has 0 amide bonds. The number of halogens is 2. The lowest BCUT2D eigenvalue weighted by molar-refractivity contribution is -0.202. The Balaban J connectivity index is 1.64. The maximum absolute atomic E-state index is 16.2. The second-order valence-corrected chi connectivity index (χ2v) is 11.4. The molecule has 4 rings (SSSR count). The fourth-order valence-corrected chi connectivity index (χ4v) is 5.71. The Morgan fingerprint density at radius 2 is 1.98 bits per heavy atom. The van der Waals surface area contributed by atoms with Gasteiger partial charge in [-0.2, -0.15) is 5.09 Å². The van der Waals surface area contributed by atoms with Crippen molar-refractivity contribution < 1.29 is 41.8 Å². The van der Waals surface area contributed by atoms with Crippen LogP contribution >= 0.6 is 7.75 Å². The SMILES string of the molecule is COC(=O)[C@H](C)NP(=O)(OC[C@@]1(F)O[C@@H](n2cnc3c(N(C)C)nc(C)nc32)[C@](C)(F)[C@@H]1O)Oc1ccccc1. The van der Waals surface area contributed by atoms with Crippen molar-refractivity contribution in [3.8, 4) is 5.75 Å². The summed E-state index contributed by atoms with van der Waals surface area (Å²) in [5.74, 6) is -3.15. The van der Waals surface area contributed by atoms with Crippen molar-refractivity contribution in [3.05, 3.63) is 42.5 Å². The maximum Gasteiger partial charge on any atom is 0.459 e. The Morgan fingerprint density at radius 3 is 2.60 bits per heavy atom. The lowest BCUT2D eigenvalue weighted by Gasteiger charge is -2.28. The van der Waals surface area contributed by atoms with E-state index in [1.54, 1.807) is 44.1 Å². The zero-order valence-electron chi connectivity index (χ0n) is 22.7. The van der Waals surface area contributed by atoms with Crippen LogP contribution in [0, 0.1) is 6.92 Å². The fourth-order valence-electron chi connectivity index (χ4n) is 4.20. The number of fused-ring (bicyclic) bond motifs is 1. The number of ether oxygens (including phenoxy) is 2. The number of para-hydroxylation sites is 1. The summed E-state index contributed by atoms with van der Waals surface area (Å²) >= 11 is 0. The van der Waals surface area contributed by atoms with Gasteiger partial charge in [0, 0.05) is 14.1 Å². The largest absolute Gasteiger partial charge is 0.468 e. The number of imidazole rings is 1. The fraction of sp³-hybridized carbons (Fsp3) is 0.500. The highest BCUT2D eigenvalue weighted by Crippen LogP contribution is 2.52. The molecule has 0 saturated carbocycles. The van der Waals surface area contributed by atoms with Crippen molar-refractivity contribution in [1.29, 1.82) is 0 Å². The molecule has 3 heterocycles. The van der Waals surface area contributed by atoms with E-state index in [1.807, 2.05) is 0 Å². The molecule has 16 heteroatoms. The summed E-state index contributed by atoms with van der Waals surface area (Å²) in [6.45, 7) is 2.67. The smallest absolute Gasteiger partial charge is 0.459 e. The molecule has 3 aromatic rings. The summed E-state index contributed by atoms with van der Waals surface area (Å²) in [6.07, 6.45) is -2.94. The summed E-state index contributed by atoms with van der Waals surface area (Å²) in [5.41, 5.74) is -2.27. The number of aromatic nitrogens is 4. The number of alkyl halides is 2. The minimum Gasteiger partial charge on any atom is -0.468 e. The number of methoxy groups -OCH3 is 1. The monoisotopic (exact) mass is 584 g/mol. The highest BCUT2D eigenvalue weighted by atomic mass is 31.2. The molecule has 0 radical (unpaired) electrons. The lowest BCUT2D eigenvalue weighted by atomic mass is 9.97. The van der Waals surface area contributed by atoms with Crippen molar-refractivity contribution in [2.24, 2.45) is 0 Å². The van der Waals surface area contributed by atoms with Crippen molar-refractivity contribution >= 4 is 30.7 Å². The van der Waals surface area contributed by atoms with Crippen LogP contribution in [0.25, 0.3) is 11.2 Å². The van der Waals surface area contributed by atoms with E-state index < -0.39 is 50.2 Å². The topological polar surface area (TPSA) is 150 Å². The molecule has 0 bridgehead atoms. The minimum atomic E-state index is -4.52. The van der Waals surface area contributed by atoms with Gasteiger partial charge in [0.1, 0.15) is 24.2 Å². The molecule has 1 saturated heterocycles. The molecular formula is C24H31F2N6O7P. The van der Waals surface area contributed by atoms with Gasteiger partial charge in [-0.05, 0) is 32.9 Å². The first kappa shape index (κ1) is 29.7. The summed E-state index contributed by atoms with van der Waals surface area (Å²) in [5, 5.41) is 13.1. The predicted molar refractivity (Wildman–Crippen MR) is 139 cm³/mol. The van der Waals surface area contributed by atoms with Crippen LogP contribution in [0.15, 0.2) is 36.7 Å². The molecule has 0 aliphatic carbocycles. The average molecular weight is 585 g/mol. The van der Waals surface area contributed by atoms with E-state index in [-0.39, 0.29) is 11.4 Å². The van der Waals surface area contributed by atoms with Gasteiger partial charge >= 0.3 is 13.7 Å². The first-order valence-electron chi connectivity index (χ1n) is 12.2. The van der Waals surface area contributed by atoms with Gasteiger partial charge in [-0.3, -0.25) is 13.9 Å². The Labute approximate surface area is 229 Å². The normalized spacial score (nSPS) is 26.8. The molecule has 40 heavy (non-hydrogen) atoms. The second-order valence-electron chi connectivity index (χ2n) is 9.67. The van der Waals surface area contributed by atoms with E-state index in [0.29, 0.717) is 17.2 Å². The van der Waals surface area contributed by atoms with Crippen LogP contribution in [0.2, 0.25) is 0 Å². The van der Waals surface area contributed by atoms with Crippen LogP contribution in [-0.4, -0.2) is 82.1 Å². The Hall–Kier alpha value is -3.23. The van der Waals surface area contributed by atoms with Crippen LogP contribution < -0.4 is 14.5 Å². The number of esters is 1. The summed E-state index contributed by atoms with van der Waals surface area (Å²) in [7, 11) is 0.0845. The first-order chi connectivity index (χ1) is 18.7. The molecule has 218 valence electrons. The van der Waals surface area contributed by atoms with E-state index in [0.717, 1.165) is 18.6 Å². The molecule has 1 unspecified atom stereocenters. The Morgan fingerprint density at radius 1 is 1.30 bits per heavy atom. The molecule has 1 aromatic carbocycles. The van der Waals surface area contributed by atoms with Gasteiger partial charge in [-0.1, -0.05) is 18.2 Å². The number of benzene rings is 1. The summed E-state index contributed by atoms with van der Waals surface area (Å²) in [4.78, 5) is 26.5. The molecule has 6 atom stereocenters. The van der Waals surface area contributed by atoms with Crippen molar-refractivity contribution in [3.63, 3.8) is 0 Å². The number of hydrogen-bond acceptors (Lipinski definition) is 11. The highest BCUT2D eigenvalue weighted by molar-refractivity contribution is 7.52. The van der Waals surface area contributed by atoms with E-state index >= 15 is 8.78 Å². The van der Waals surface area contributed by atoms with Gasteiger partial charge in [-0.15, -0.1) is 0 Å². The van der Waals surface area contributed by atoms with Gasteiger partial charge in [0.25, 0.3) is 5.85 Å². The summed E-state index contributed by atoms with van der Waals surface area (Å²) in [6, 6.07) is 6.57. The zero-order chi connectivity index (χ0) is 29.5. The second kappa shape index (κ2) is 11.0. The minimum absolute atomic E-state index is 0.0704. The quantitative estimate of drug-likeness (QED) is 0.266. The Kier molecular flexibility index (Phi) is 8.16. The third-order valence-electron chi connectivity index (χ3n) is 6.23. The number of carbonyl (C=O) groups is 1. The van der Waals surface area contributed by atoms with Gasteiger partial charge in [0.15, 0.2) is 35.0 Å². The van der Waals surface area contributed by atoms with Crippen molar-refractivity contribution in [2.75, 3.05) is 32.7 Å². The van der Waals surface area contributed by atoms with Gasteiger partial charge in [0.05, 0.1) is 13.4 Å². The molecule has 13 nitrogen and oxygen atoms in total. The number of aliphatic hydroxyl groups is 1. The van der Waals surface area contributed by atoms with Crippen LogP contribution in [0.5, 0.6) is 5.75 Å². The van der Waals surface area contributed by atoms with E-state index in [1.165, 1.54) is 25.4 Å². The van der Waals surface area contributed by atoms with E-state index in [2.05, 4.69) is 24.8 Å². The molecule has 0 spiro atoms. The molecular weight excluding hydrogens is 553 g/mol. The summed E-state index contributed by atoms with van der Waals surface area (Å²) < 4.78 is 67.7. The number of aryl methyl sites for hydroxylation is 1. The molecule has 1 aliphatic rings. The maximum atomic E-state index is 16.2. The number of nitrogens with one attached hydrogen (secondary N) is 1. The number of anilines is 1. The van der Waals surface area contributed by atoms with Gasteiger partial charge < -0.3 is 24.0 Å². The van der Waals surface area contributed by atoms with Crippen molar-refractivity contribution in [1.82, 2.24) is 24.6 Å². The zero-order valence-corrected chi connectivity index (χ0v) is 23.6. The number of rotatable bonds is 10. The average Bonchev–Trinajstić information content (AvgIpc) is 3.39. The highest BCUT2D eigenvalue weighted by Gasteiger charge is 2.65. The number of carbonyl (C=O) groups excluding carboxylic acids is 1. The first-order valence-corrected chi connectivity index (χ1v) is 13.7. The van der Waals surface area contributed by atoms with E-state index in [9.17, 15) is 14.5 Å². The van der Waals surface area contributed by atoms with Gasteiger partial charge in [0.2, 0.25) is 0 Å². The third kappa shape index (κ3) is 5.65. The van der Waals surface area contributed by atoms with Crippen LogP contribution in [0.3, 0.4) is 0 Å². The van der Waals surface area contributed by atoms with Gasteiger partial charge in [-0.25, -0.2) is 28.3 Å². The number of nitrogens with zero attached hydrogens (tertiary/aromatic N) is 5. The molecule has 2 N–H and O–H groups in total. The molecule has 1 aliphatic heterocycles. The van der Waals surface area contributed by atoms with Crippen LogP contribution in [-0.2, 0) is 23.4 Å². The standard InChI is InChI=1S/C24H31F2N6O7P/c1-14(20(33)36-6)30-40(35,39-16-10-8-7-9-11-16)37-12-24(26)21(34)23(3,25)22(38-24)32-13-27-17-18(31(4)5)28-15(2)29-19(17)32/h7-11,13-14,21-22,34H,12H2,1-6H3,(H,30,35)/t14-,21-,22+,23+,24+,40?/m0/s1. The van der Waals surface area contributed by atoms with Crippen molar-refractivity contribution in [2.45, 2.75) is 50.7 Å². The van der Waals surface area contributed by atoms with Crippen LogP contribution in [0.1, 0.15) is 25.9 Å². The third-order valence-corrected chi connectivity index (χ3v) is 7.85. The van der Waals surface area contributed by atoms with E-state index in [4.69, 9.17) is 13.8 Å². The van der Waals surface area contributed by atoms with Crippen LogP contribution in [0.4, 0.5) is 14.6 Å². The molecule has 2 aromatic heterocycles. The molecule has 1 fully saturated rings. The number of hydrogen-bond donors (Lipinski definition) is 2. The number of aliphatic hydroxyl groups excluding tert-OH is 1. The lowest BCUT2D eigenvalue weighted by Crippen LogP contribution is -2.47.